The Kier molecular flexibility index (Phi) is 6.13. The largest absolute Gasteiger partial charge is 0.355 e. The predicted molar refractivity (Wildman–Crippen MR) is 69.3 cm³/mol. The lowest BCUT2D eigenvalue weighted by Crippen LogP contribution is -2.28. The van der Waals surface area contributed by atoms with Gasteiger partial charge in [-0.3, -0.25) is 4.79 Å². The van der Waals surface area contributed by atoms with E-state index < -0.39 is 0 Å². The summed E-state index contributed by atoms with van der Waals surface area (Å²) in [6.45, 7) is 1.00. The van der Waals surface area contributed by atoms with Gasteiger partial charge in [-0.1, -0.05) is 23.2 Å². The fourth-order valence-electron chi connectivity index (χ4n) is 1.28. The van der Waals surface area contributed by atoms with Crippen LogP contribution in [0.15, 0.2) is 6.07 Å². The maximum absolute atomic E-state index is 11.3. The van der Waals surface area contributed by atoms with E-state index in [1.165, 1.54) is 11.3 Å². The van der Waals surface area contributed by atoms with Crippen molar-refractivity contribution >= 4 is 40.4 Å². The molecular weight excluding hydrogens is 267 g/mol. The van der Waals surface area contributed by atoms with Crippen LogP contribution in [0.2, 0.25) is 8.67 Å². The molecule has 0 aliphatic carbocycles. The number of hydrogen-bond donors (Lipinski definition) is 2. The van der Waals surface area contributed by atoms with Crippen molar-refractivity contribution < 1.29 is 4.79 Å². The molecule has 0 fully saturated rings. The monoisotopic (exact) mass is 280 g/mol. The van der Waals surface area contributed by atoms with Crippen molar-refractivity contribution in [1.29, 1.82) is 0 Å². The Morgan fingerprint density at radius 1 is 1.50 bits per heavy atom. The van der Waals surface area contributed by atoms with Gasteiger partial charge in [0.2, 0.25) is 5.91 Å². The fraction of sp³-hybridized carbons (Fsp3) is 0.500. The van der Waals surface area contributed by atoms with E-state index in [9.17, 15) is 4.79 Å². The molecule has 1 aromatic rings. The summed E-state index contributed by atoms with van der Waals surface area (Å²) >= 11 is 13.1. The van der Waals surface area contributed by atoms with E-state index in [0.717, 1.165) is 18.4 Å². The van der Waals surface area contributed by atoms with Gasteiger partial charge in [0.15, 0.2) is 0 Å². The van der Waals surface area contributed by atoms with E-state index in [2.05, 4.69) is 5.32 Å². The van der Waals surface area contributed by atoms with Crippen LogP contribution in [0, 0.1) is 0 Å². The number of amides is 1. The second-order valence-corrected chi connectivity index (χ2v) is 5.63. The summed E-state index contributed by atoms with van der Waals surface area (Å²) in [5.74, 6) is 0.0305. The van der Waals surface area contributed by atoms with Crippen LogP contribution in [0.5, 0.6) is 0 Å². The number of thiophene rings is 1. The third-order valence-corrected chi connectivity index (χ3v) is 3.61. The molecule has 3 nitrogen and oxygen atoms in total. The van der Waals surface area contributed by atoms with Gasteiger partial charge in [0.1, 0.15) is 0 Å². The molecule has 0 aromatic carbocycles. The Hall–Kier alpha value is -0.290. The Labute approximate surface area is 109 Å². The van der Waals surface area contributed by atoms with Crippen LogP contribution in [0.1, 0.15) is 18.4 Å². The summed E-state index contributed by atoms with van der Waals surface area (Å²) in [5.41, 5.74) is 6.29. The van der Waals surface area contributed by atoms with E-state index in [4.69, 9.17) is 28.9 Å². The van der Waals surface area contributed by atoms with Gasteiger partial charge in [0, 0.05) is 19.5 Å². The summed E-state index contributed by atoms with van der Waals surface area (Å²) in [6.07, 6.45) is 2.03. The van der Waals surface area contributed by atoms with Crippen LogP contribution < -0.4 is 11.1 Å². The van der Waals surface area contributed by atoms with Crippen molar-refractivity contribution in [3.63, 3.8) is 0 Å². The van der Waals surface area contributed by atoms with Gasteiger partial charge in [-0.05, 0) is 24.5 Å². The summed E-state index contributed by atoms with van der Waals surface area (Å²) < 4.78 is 1.40. The Morgan fingerprint density at radius 2 is 2.25 bits per heavy atom. The highest BCUT2D eigenvalue weighted by Gasteiger charge is 2.06. The van der Waals surface area contributed by atoms with Crippen molar-refractivity contribution in [2.45, 2.75) is 19.3 Å². The van der Waals surface area contributed by atoms with Gasteiger partial charge in [0.05, 0.1) is 8.67 Å². The maximum Gasteiger partial charge on any atom is 0.220 e. The Balaban J connectivity index is 2.25. The fourth-order valence-corrected chi connectivity index (χ4v) is 2.83. The number of carbonyl (C=O) groups is 1. The lowest BCUT2D eigenvalue weighted by Gasteiger charge is -2.02. The van der Waals surface area contributed by atoms with Gasteiger partial charge in [-0.15, -0.1) is 11.3 Å². The lowest BCUT2D eigenvalue weighted by atomic mass is 10.1. The summed E-state index contributed by atoms with van der Waals surface area (Å²) in [4.78, 5) is 11.3. The number of carbonyl (C=O) groups excluding carboxylic acids is 1. The highest BCUT2D eigenvalue weighted by atomic mass is 35.5. The van der Waals surface area contributed by atoms with Crippen LogP contribution in [-0.2, 0) is 11.2 Å². The number of aryl methyl sites for hydroxylation is 1. The molecule has 0 spiro atoms. The zero-order valence-corrected chi connectivity index (χ0v) is 11.1. The van der Waals surface area contributed by atoms with E-state index >= 15 is 0 Å². The first-order valence-electron chi connectivity index (χ1n) is 5.04. The SMILES string of the molecule is NCCNC(=O)CCCc1cc(Cl)sc1Cl. The first-order valence-corrected chi connectivity index (χ1v) is 6.61. The van der Waals surface area contributed by atoms with Crippen LogP contribution >= 0.6 is 34.5 Å². The maximum atomic E-state index is 11.3. The van der Waals surface area contributed by atoms with Crippen molar-refractivity contribution in [2.24, 2.45) is 5.73 Å². The number of nitrogens with one attached hydrogen (secondary N) is 1. The second kappa shape index (κ2) is 7.12. The first-order chi connectivity index (χ1) is 7.63. The van der Waals surface area contributed by atoms with Gasteiger partial charge in [-0.25, -0.2) is 0 Å². The van der Waals surface area contributed by atoms with E-state index in [1.807, 2.05) is 6.07 Å². The highest BCUT2D eigenvalue weighted by Crippen LogP contribution is 2.31. The van der Waals surface area contributed by atoms with Crippen LogP contribution in [0.4, 0.5) is 0 Å². The molecule has 0 unspecified atom stereocenters. The molecule has 1 amide bonds. The summed E-state index contributed by atoms with van der Waals surface area (Å²) in [5, 5.41) is 2.72. The average molecular weight is 281 g/mol. The molecule has 3 N–H and O–H groups in total. The number of rotatable bonds is 6. The first kappa shape index (κ1) is 13.8. The molecule has 0 radical (unpaired) electrons. The molecule has 1 heterocycles. The molecule has 0 saturated heterocycles. The molecule has 0 bridgehead atoms. The van der Waals surface area contributed by atoms with Crippen molar-refractivity contribution in [3.8, 4) is 0 Å². The van der Waals surface area contributed by atoms with Gasteiger partial charge in [0.25, 0.3) is 0 Å². The lowest BCUT2D eigenvalue weighted by molar-refractivity contribution is -0.121. The molecule has 1 rings (SSSR count). The Bertz CT molecular complexity index is 355. The average Bonchev–Trinajstić information content (AvgIpc) is 2.55. The zero-order chi connectivity index (χ0) is 12.0. The van der Waals surface area contributed by atoms with Gasteiger partial charge >= 0.3 is 0 Å². The summed E-state index contributed by atoms with van der Waals surface area (Å²) in [7, 11) is 0. The standard InChI is InChI=1S/C10H14Cl2N2OS/c11-8-6-7(10(12)16-8)2-1-3-9(15)14-5-4-13/h6H,1-5,13H2,(H,14,15). The normalized spacial score (nSPS) is 10.4. The number of nitrogens with two attached hydrogens (primary N) is 1. The third kappa shape index (κ3) is 4.70. The minimum atomic E-state index is 0.0305. The van der Waals surface area contributed by atoms with Crippen molar-refractivity contribution in [3.05, 3.63) is 20.3 Å². The molecule has 0 aliphatic heterocycles. The molecule has 0 saturated carbocycles. The highest BCUT2D eigenvalue weighted by molar-refractivity contribution is 7.20. The zero-order valence-electron chi connectivity index (χ0n) is 8.76. The molecule has 0 aliphatic rings. The summed E-state index contributed by atoms with van der Waals surface area (Å²) in [6, 6.07) is 1.85. The molecule has 6 heteroatoms. The van der Waals surface area contributed by atoms with Crippen molar-refractivity contribution in [2.75, 3.05) is 13.1 Å². The van der Waals surface area contributed by atoms with E-state index in [1.54, 1.807) is 0 Å². The van der Waals surface area contributed by atoms with Gasteiger partial charge in [-0.2, -0.15) is 0 Å². The smallest absolute Gasteiger partial charge is 0.220 e. The van der Waals surface area contributed by atoms with Crippen LogP contribution in [-0.4, -0.2) is 19.0 Å². The van der Waals surface area contributed by atoms with Crippen LogP contribution in [0.3, 0.4) is 0 Å². The van der Waals surface area contributed by atoms with Gasteiger partial charge < -0.3 is 11.1 Å². The molecule has 1 aromatic heterocycles. The third-order valence-electron chi connectivity index (χ3n) is 2.04. The number of hydrogen-bond acceptors (Lipinski definition) is 3. The molecule has 0 atom stereocenters. The van der Waals surface area contributed by atoms with Crippen LogP contribution in [0.25, 0.3) is 0 Å². The molecule has 90 valence electrons. The second-order valence-electron chi connectivity index (χ2n) is 3.34. The minimum Gasteiger partial charge on any atom is -0.355 e. The quantitative estimate of drug-likeness (QED) is 0.841. The molecular formula is C10H14Cl2N2OS. The van der Waals surface area contributed by atoms with Crippen molar-refractivity contribution in [1.82, 2.24) is 5.32 Å². The number of halogens is 2. The Morgan fingerprint density at radius 3 is 2.81 bits per heavy atom. The minimum absolute atomic E-state index is 0.0305. The van der Waals surface area contributed by atoms with E-state index in [0.29, 0.717) is 28.2 Å². The molecule has 16 heavy (non-hydrogen) atoms. The predicted octanol–water partition coefficient (Wildman–Crippen LogP) is 2.45. The van der Waals surface area contributed by atoms with E-state index in [-0.39, 0.29) is 5.91 Å². The topological polar surface area (TPSA) is 55.1 Å².